The largest absolute Gasteiger partial charge is 0.314 e. The molecule has 4 rings (SSSR count). The van der Waals surface area contributed by atoms with Crippen LogP contribution in [0.1, 0.15) is 37.5 Å². The van der Waals surface area contributed by atoms with Gasteiger partial charge in [-0.2, -0.15) is 0 Å². The van der Waals surface area contributed by atoms with Crippen LogP contribution in [-0.4, -0.2) is 9.55 Å². The van der Waals surface area contributed by atoms with E-state index in [-0.39, 0.29) is 10.8 Å². The molecule has 4 aromatic rings. The van der Waals surface area contributed by atoms with Crippen molar-refractivity contribution in [1.29, 1.82) is 0 Å². The van der Waals surface area contributed by atoms with Gasteiger partial charge in [-0.25, -0.2) is 4.98 Å². The molecule has 0 aliphatic heterocycles. The highest BCUT2D eigenvalue weighted by Crippen LogP contribution is 2.39. The molecule has 1 atom stereocenters. The van der Waals surface area contributed by atoms with Crippen molar-refractivity contribution in [2.24, 2.45) is 0 Å². The minimum atomic E-state index is -0.0365. The van der Waals surface area contributed by atoms with Crippen molar-refractivity contribution in [2.75, 3.05) is 0 Å². The molecule has 28 heavy (non-hydrogen) atoms. The lowest BCUT2D eigenvalue weighted by Gasteiger charge is -2.27. The molecule has 1 unspecified atom stereocenters. The molecule has 2 nitrogen and oxygen atoms in total. The molecule has 1 heterocycles. The van der Waals surface area contributed by atoms with Crippen molar-refractivity contribution >= 4 is 22.8 Å². The third kappa shape index (κ3) is 4.00. The fraction of sp³-hybridized carbons (Fsp3) is 0.240. The third-order valence-electron chi connectivity index (χ3n) is 4.82. The molecule has 1 aromatic heterocycles. The second-order valence-electron chi connectivity index (χ2n) is 8.12. The van der Waals surface area contributed by atoms with Crippen LogP contribution in [0.4, 0.5) is 0 Å². The Kier molecular flexibility index (Phi) is 5.27. The number of hydrogen-bond donors (Lipinski definition) is 0. The van der Waals surface area contributed by atoms with Gasteiger partial charge in [0.05, 0.1) is 16.4 Å². The van der Waals surface area contributed by atoms with Gasteiger partial charge >= 0.3 is 0 Å². The molecule has 3 aromatic carbocycles. The summed E-state index contributed by atoms with van der Waals surface area (Å²) in [5.41, 5.74) is 3.58. The highest BCUT2D eigenvalue weighted by atomic mass is 32.2. The van der Waals surface area contributed by atoms with Crippen molar-refractivity contribution < 1.29 is 0 Å². The molecule has 0 bridgehead atoms. The molecule has 0 aliphatic rings. The maximum atomic E-state index is 5.04. The lowest BCUT2D eigenvalue weighted by atomic mass is 9.95. The maximum absolute atomic E-state index is 5.04. The van der Waals surface area contributed by atoms with E-state index >= 15 is 0 Å². The molecular weight excluding hydrogens is 360 g/mol. The van der Waals surface area contributed by atoms with E-state index in [0.29, 0.717) is 0 Å². The Labute approximate surface area is 171 Å². The number of benzene rings is 3. The topological polar surface area (TPSA) is 17.8 Å². The summed E-state index contributed by atoms with van der Waals surface area (Å²) >= 11 is 1.91. The number of hydrogen-bond acceptors (Lipinski definition) is 2. The standard InChI is InChI=1S/C25H26N2S/c1-25(2,3)24-26-21-16-10-11-17-22(21)27(24)23(18-19-12-6-4-7-13-19)28-20-14-8-5-9-15-20/h4-17,23H,18H2,1-3H3. The van der Waals surface area contributed by atoms with Crippen LogP contribution in [-0.2, 0) is 11.8 Å². The quantitative estimate of drug-likeness (QED) is 0.348. The van der Waals surface area contributed by atoms with Crippen molar-refractivity contribution in [3.63, 3.8) is 0 Å². The summed E-state index contributed by atoms with van der Waals surface area (Å²) in [5.74, 6) is 1.14. The predicted molar refractivity (Wildman–Crippen MR) is 120 cm³/mol. The van der Waals surface area contributed by atoms with Gasteiger partial charge < -0.3 is 4.57 Å². The molecule has 0 radical (unpaired) electrons. The Morgan fingerprint density at radius 3 is 2.11 bits per heavy atom. The molecule has 0 amide bonds. The summed E-state index contributed by atoms with van der Waals surface area (Å²) in [6.07, 6.45) is 0.948. The summed E-state index contributed by atoms with van der Waals surface area (Å²) in [4.78, 5) is 6.32. The number of aromatic nitrogens is 2. The molecule has 142 valence electrons. The van der Waals surface area contributed by atoms with Gasteiger partial charge in [0.15, 0.2) is 0 Å². The van der Waals surface area contributed by atoms with Crippen LogP contribution in [0.5, 0.6) is 0 Å². The number of imidazole rings is 1. The molecular formula is C25H26N2S. The molecule has 0 N–H and O–H groups in total. The first-order valence-corrected chi connectivity index (χ1v) is 10.6. The van der Waals surface area contributed by atoms with Crippen molar-refractivity contribution in [1.82, 2.24) is 9.55 Å². The van der Waals surface area contributed by atoms with Crippen molar-refractivity contribution in [3.05, 3.63) is 96.3 Å². The Morgan fingerprint density at radius 1 is 0.821 bits per heavy atom. The van der Waals surface area contributed by atoms with Crippen LogP contribution in [0.15, 0.2) is 89.8 Å². The Bertz CT molecular complexity index is 1000. The second kappa shape index (κ2) is 7.84. The minimum Gasteiger partial charge on any atom is -0.314 e. The Morgan fingerprint density at radius 2 is 1.43 bits per heavy atom. The van der Waals surface area contributed by atoms with Gasteiger partial charge in [-0.15, -0.1) is 11.8 Å². The van der Waals surface area contributed by atoms with Gasteiger partial charge in [0.25, 0.3) is 0 Å². The SMILES string of the molecule is CC(C)(C)c1nc2ccccc2n1C(Cc1ccccc1)Sc1ccccc1. The number of para-hydroxylation sites is 2. The Hall–Kier alpha value is -2.52. The summed E-state index contributed by atoms with van der Waals surface area (Å²) in [6, 6.07) is 29.9. The van der Waals surface area contributed by atoms with Gasteiger partial charge in [0.2, 0.25) is 0 Å². The first-order chi connectivity index (χ1) is 13.5. The van der Waals surface area contributed by atoms with Gasteiger partial charge in [-0.05, 0) is 29.8 Å². The van der Waals surface area contributed by atoms with E-state index in [0.717, 1.165) is 17.8 Å². The van der Waals surface area contributed by atoms with Crippen LogP contribution in [0.25, 0.3) is 11.0 Å². The summed E-state index contributed by atoms with van der Waals surface area (Å²) in [6.45, 7) is 6.74. The minimum absolute atomic E-state index is 0.0365. The van der Waals surface area contributed by atoms with Gasteiger partial charge in [-0.3, -0.25) is 0 Å². The summed E-state index contributed by atoms with van der Waals surface area (Å²) < 4.78 is 2.46. The molecule has 0 fully saturated rings. The zero-order valence-corrected chi connectivity index (χ0v) is 17.5. The van der Waals surface area contributed by atoms with Gasteiger partial charge in [0, 0.05) is 16.7 Å². The highest BCUT2D eigenvalue weighted by molar-refractivity contribution is 7.99. The maximum Gasteiger partial charge on any atom is 0.116 e. The van der Waals surface area contributed by atoms with E-state index in [1.807, 2.05) is 11.8 Å². The third-order valence-corrected chi connectivity index (χ3v) is 6.02. The summed E-state index contributed by atoms with van der Waals surface area (Å²) in [5, 5.41) is 0.228. The van der Waals surface area contributed by atoms with E-state index < -0.39 is 0 Å². The van der Waals surface area contributed by atoms with Crippen LogP contribution < -0.4 is 0 Å². The lowest BCUT2D eigenvalue weighted by Crippen LogP contribution is -2.22. The molecule has 0 spiro atoms. The highest BCUT2D eigenvalue weighted by Gasteiger charge is 2.27. The average molecular weight is 387 g/mol. The fourth-order valence-electron chi connectivity index (χ4n) is 3.52. The first kappa shape index (κ1) is 18.8. The molecule has 0 aliphatic carbocycles. The normalized spacial score (nSPS) is 13.0. The monoisotopic (exact) mass is 386 g/mol. The van der Waals surface area contributed by atoms with E-state index in [2.05, 4.69) is 110 Å². The van der Waals surface area contributed by atoms with Crippen LogP contribution in [0.3, 0.4) is 0 Å². The van der Waals surface area contributed by atoms with Crippen LogP contribution in [0, 0.1) is 0 Å². The van der Waals surface area contributed by atoms with E-state index in [4.69, 9.17) is 4.98 Å². The number of nitrogens with zero attached hydrogens (tertiary/aromatic N) is 2. The number of thioether (sulfide) groups is 1. The zero-order valence-electron chi connectivity index (χ0n) is 16.7. The molecule has 0 saturated carbocycles. The summed E-state index contributed by atoms with van der Waals surface area (Å²) in [7, 11) is 0. The zero-order chi connectivity index (χ0) is 19.6. The van der Waals surface area contributed by atoms with Crippen LogP contribution in [0.2, 0.25) is 0 Å². The first-order valence-electron chi connectivity index (χ1n) is 9.75. The number of rotatable bonds is 5. The van der Waals surface area contributed by atoms with E-state index in [9.17, 15) is 0 Å². The lowest BCUT2D eigenvalue weighted by molar-refractivity contribution is 0.499. The Balaban J connectivity index is 1.86. The smallest absolute Gasteiger partial charge is 0.116 e. The van der Waals surface area contributed by atoms with Crippen molar-refractivity contribution in [3.8, 4) is 0 Å². The average Bonchev–Trinajstić information content (AvgIpc) is 3.09. The second-order valence-corrected chi connectivity index (χ2v) is 9.37. The fourth-order valence-corrected chi connectivity index (χ4v) is 4.75. The van der Waals surface area contributed by atoms with E-state index in [1.54, 1.807) is 0 Å². The predicted octanol–water partition coefficient (Wildman–Crippen LogP) is 6.87. The number of fused-ring (bicyclic) bond motifs is 1. The van der Waals surface area contributed by atoms with Crippen LogP contribution >= 0.6 is 11.8 Å². The van der Waals surface area contributed by atoms with Gasteiger partial charge in [-0.1, -0.05) is 81.4 Å². The molecule has 0 saturated heterocycles. The van der Waals surface area contributed by atoms with Crippen molar-refractivity contribution in [2.45, 2.75) is 42.9 Å². The van der Waals surface area contributed by atoms with E-state index in [1.165, 1.54) is 16.0 Å². The molecule has 3 heteroatoms. The van der Waals surface area contributed by atoms with Gasteiger partial charge in [0.1, 0.15) is 5.82 Å².